The lowest BCUT2D eigenvalue weighted by Gasteiger charge is -1.97. The molecule has 0 bridgehead atoms. The fourth-order valence-corrected chi connectivity index (χ4v) is 0.761. The molecule has 7 heavy (non-hydrogen) atoms. The van der Waals surface area contributed by atoms with Gasteiger partial charge in [-0.15, -0.1) is 5.01 Å². The van der Waals surface area contributed by atoms with Crippen molar-refractivity contribution >= 4 is 22.1 Å². The topological polar surface area (TPSA) is 17.3 Å². The quantitative estimate of drug-likeness (QED) is 0.372. The zero-order chi connectivity index (χ0) is 5.28. The molecule has 1 radical (unpaired) electrons. The van der Waals surface area contributed by atoms with Crippen LogP contribution in [0.25, 0.3) is 0 Å². The number of nitrogens with zero attached hydrogens (tertiary/aromatic N) is 2. The molecule has 1 unspecified atom stereocenters. The fraction of sp³-hybridized carbons (Fsp3) is 0.750. The molecular weight excluding hydrogens is 156 g/mol. The maximum atomic E-state index is 3.98. The molecule has 0 saturated heterocycles. The summed E-state index contributed by atoms with van der Waals surface area (Å²) >= 11 is 3.40. The van der Waals surface area contributed by atoms with Crippen LogP contribution in [0.5, 0.6) is 0 Å². The summed E-state index contributed by atoms with van der Waals surface area (Å²) in [4.78, 5) is 0.437. The van der Waals surface area contributed by atoms with Gasteiger partial charge in [-0.2, -0.15) is 0 Å². The van der Waals surface area contributed by atoms with E-state index in [2.05, 4.69) is 21.0 Å². The zero-order valence-electron chi connectivity index (χ0n) is 4.13. The third kappa shape index (κ3) is 0.938. The van der Waals surface area contributed by atoms with Crippen LogP contribution in [0.15, 0.2) is 0 Å². The highest BCUT2D eigenvalue weighted by Crippen LogP contribution is 2.08. The Balaban J connectivity index is 2.45. The highest BCUT2D eigenvalue weighted by atomic mass is 79.9. The second-order valence-electron chi connectivity index (χ2n) is 1.54. The van der Waals surface area contributed by atoms with Gasteiger partial charge in [-0.05, 0) is 0 Å². The third-order valence-electron chi connectivity index (χ3n) is 0.969. The largest absolute Gasteiger partial charge is 0.255 e. The smallest absolute Gasteiger partial charge is 0.111 e. The van der Waals surface area contributed by atoms with Crippen molar-refractivity contribution in [1.82, 2.24) is 10.1 Å². The van der Waals surface area contributed by atoms with Gasteiger partial charge in [0.15, 0.2) is 10.1 Å². The molecule has 0 fully saturated rings. The van der Waals surface area contributed by atoms with Gasteiger partial charge in [-0.1, -0.05) is 15.9 Å². The van der Waals surface area contributed by atoms with Gasteiger partial charge in [-0.25, -0.2) is 0 Å². The van der Waals surface area contributed by atoms with Crippen LogP contribution in [-0.4, -0.2) is 23.2 Å². The molecule has 1 aliphatic rings. The number of hydrazone groups is 1. The average Bonchev–Trinajstić information content (AvgIpc) is 1.91. The SMILES string of the molecule is CN1[N+]=CCC1Br. The second-order valence-corrected chi connectivity index (χ2v) is 2.60. The summed E-state index contributed by atoms with van der Waals surface area (Å²) in [5.41, 5.74) is 0. The van der Waals surface area contributed by atoms with Crippen LogP contribution in [0, 0.1) is 0 Å². The Morgan fingerprint density at radius 2 is 2.71 bits per heavy atom. The molecule has 0 aliphatic carbocycles. The van der Waals surface area contributed by atoms with Crippen LogP contribution in [0.4, 0.5) is 0 Å². The van der Waals surface area contributed by atoms with E-state index >= 15 is 0 Å². The van der Waals surface area contributed by atoms with Gasteiger partial charge in [-0.3, -0.25) is 0 Å². The molecule has 0 saturated carbocycles. The zero-order valence-corrected chi connectivity index (χ0v) is 5.72. The van der Waals surface area contributed by atoms with E-state index in [9.17, 15) is 0 Å². The average molecular weight is 163 g/mol. The number of hydrogen-bond acceptors (Lipinski definition) is 2. The molecule has 1 heterocycles. The molecule has 1 rings (SSSR count). The van der Waals surface area contributed by atoms with Crippen molar-refractivity contribution in [2.45, 2.75) is 11.4 Å². The van der Waals surface area contributed by atoms with Crippen LogP contribution in [0.3, 0.4) is 0 Å². The lowest BCUT2D eigenvalue weighted by molar-refractivity contribution is 0.325. The fourth-order valence-electron chi connectivity index (χ4n) is 0.488. The van der Waals surface area contributed by atoms with Crippen molar-refractivity contribution in [2.75, 3.05) is 7.05 Å². The number of rotatable bonds is 0. The molecule has 0 aromatic heterocycles. The van der Waals surface area contributed by atoms with Gasteiger partial charge >= 0.3 is 0 Å². The summed E-state index contributed by atoms with van der Waals surface area (Å²) in [6.07, 6.45) is 2.93. The van der Waals surface area contributed by atoms with Crippen molar-refractivity contribution < 1.29 is 0 Å². The summed E-state index contributed by atoms with van der Waals surface area (Å²) in [5, 5.41) is 5.87. The van der Waals surface area contributed by atoms with Crippen molar-refractivity contribution in [2.24, 2.45) is 0 Å². The van der Waals surface area contributed by atoms with E-state index in [1.807, 2.05) is 18.3 Å². The first-order valence-electron chi connectivity index (χ1n) is 2.20. The van der Waals surface area contributed by atoms with Crippen molar-refractivity contribution in [3.8, 4) is 0 Å². The monoisotopic (exact) mass is 162 g/mol. The first kappa shape index (κ1) is 5.09. The standard InChI is InChI=1S/C4H7BrN2/c1-7-4(5)2-3-6-7/h3-4H,2H2,1H3/q+1. The summed E-state index contributed by atoms with van der Waals surface area (Å²) in [5.74, 6) is 0. The van der Waals surface area contributed by atoms with Gasteiger partial charge in [0.1, 0.15) is 0 Å². The lowest BCUT2D eigenvalue weighted by atomic mass is 10.5. The highest BCUT2D eigenvalue weighted by Gasteiger charge is 2.22. The van der Waals surface area contributed by atoms with Crippen molar-refractivity contribution in [3.05, 3.63) is 0 Å². The molecule has 1 atom stereocenters. The van der Waals surface area contributed by atoms with Crippen LogP contribution in [0.2, 0.25) is 0 Å². The molecule has 0 amide bonds. The van der Waals surface area contributed by atoms with Crippen LogP contribution < -0.4 is 5.10 Å². The molecule has 0 aromatic rings. The molecular formula is C4H7BrN2+. The number of hydrogen-bond donors (Lipinski definition) is 0. The Morgan fingerprint density at radius 3 is 2.86 bits per heavy atom. The Morgan fingerprint density at radius 1 is 2.00 bits per heavy atom. The first-order valence-corrected chi connectivity index (χ1v) is 3.11. The molecule has 0 spiro atoms. The first-order chi connectivity index (χ1) is 3.30. The predicted octanol–water partition coefficient (Wildman–Crippen LogP) is 0.364. The Labute approximate surface area is 51.3 Å². The van der Waals surface area contributed by atoms with E-state index in [1.54, 1.807) is 0 Å². The summed E-state index contributed by atoms with van der Waals surface area (Å²) in [7, 11) is 1.95. The maximum absolute atomic E-state index is 3.98. The minimum absolute atomic E-state index is 0.437. The Hall–Kier alpha value is -0.0500. The molecule has 1 aliphatic heterocycles. The van der Waals surface area contributed by atoms with Gasteiger partial charge in [0, 0.05) is 0 Å². The van der Waals surface area contributed by atoms with E-state index in [1.165, 1.54) is 0 Å². The van der Waals surface area contributed by atoms with Gasteiger partial charge < -0.3 is 0 Å². The van der Waals surface area contributed by atoms with E-state index in [4.69, 9.17) is 0 Å². The van der Waals surface area contributed by atoms with E-state index in [0.29, 0.717) is 4.95 Å². The molecule has 2 nitrogen and oxygen atoms in total. The normalized spacial score (nSPS) is 29.4. The molecule has 39 valence electrons. The van der Waals surface area contributed by atoms with Gasteiger partial charge in [0.2, 0.25) is 0 Å². The third-order valence-corrected chi connectivity index (χ3v) is 1.94. The second kappa shape index (κ2) is 1.82. The van der Waals surface area contributed by atoms with E-state index in [-0.39, 0.29) is 0 Å². The van der Waals surface area contributed by atoms with Crippen molar-refractivity contribution in [1.29, 1.82) is 0 Å². The Kier molecular flexibility index (Phi) is 1.32. The van der Waals surface area contributed by atoms with E-state index < -0.39 is 0 Å². The van der Waals surface area contributed by atoms with Crippen LogP contribution in [0.1, 0.15) is 6.42 Å². The molecule has 3 heteroatoms. The maximum Gasteiger partial charge on any atom is 0.255 e. The molecule has 0 aromatic carbocycles. The summed E-state index contributed by atoms with van der Waals surface area (Å²) < 4.78 is 0. The Bertz CT molecular complexity index is 91.7. The highest BCUT2D eigenvalue weighted by molar-refractivity contribution is 9.09. The molecule has 0 N–H and O–H groups in total. The number of alkyl halides is 1. The van der Waals surface area contributed by atoms with E-state index in [0.717, 1.165) is 6.42 Å². The minimum atomic E-state index is 0.437. The van der Waals surface area contributed by atoms with Gasteiger partial charge in [0.05, 0.1) is 13.5 Å². The summed E-state index contributed by atoms with van der Waals surface area (Å²) in [6.45, 7) is 0. The van der Waals surface area contributed by atoms with Crippen LogP contribution in [-0.2, 0) is 0 Å². The van der Waals surface area contributed by atoms with Gasteiger partial charge in [0.25, 0.3) is 6.21 Å². The predicted molar refractivity (Wildman–Crippen MR) is 33.3 cm³/mol. The lowest BCUT2D eigenvalue weighted by Crippen LogP contribution is -2.20. The number of halogens is 1. The van der Waals surface area contributed by atoms with Crippen LogP contribution >= 0.6 is 15.9 Å². The summed E-state index contributed by atoms with van der Waals surface area (Å²) in [6, 6.07) is 0. The minimum Gasteiger partial charge on any atom is -0.111 e. The van der Waals surface area contributed by atoms with Crippen molar-refractivity contribution in [3.63, 3.8) is 0 Å².